The van der Waals surface area contributed by atoms with Crippen molar-refractivity contribution in [3.05, 3.63) is 58.7 Å². The largest absolute Gasteiger partial charge is 0.508 e. The summed E-state index contributed by atoms with van der Waals surface area (Å²) in [4.78, 5) is 10.2. The highest BCUT2D eigenvalue weighted by atomic mass is 16.9. The third kappa shape index (κ3) is 5.27. The Morgan fingerprint density at radius 3 is 2.15 bits per heavy atom. The minimum Gasteiger partial charge on any atom is -0.508 e. The molecular formula is C20H24O7. The first-order valence-corrected chi connectivity index (χ1v) is 8.49. The van der Waals surface area contributed by atoms with Crippen LogP contribution in [-0.2, 0) is 20.2 Å². The van der Waals surface area contributed by atoms with Gasteiger partial charge in [-0.1, -0.05) is 0 Å². The summed E-state index contributed by atoms with van der Waals surface area (Å²) in [6.07, 6.45) is 0.756. The molecule has 0 radical (unpaired) electrons. The van der Waals surface area contributed by atoms with Crippen molar-refractivity contribution in [2.75, 3.05) is 26.4 Å². The number of benzene rings is 2. The maximum atomic E-state index is 10.2. The Kier molecular flexibility index (Phi) is 7.32. The van der Waals surface area contributed by atoms with Crippen LogP contribution in [0.3, 0.4) is 0 Å². The van der Waals surface area contributed by atoms with Crippen LogP contribution in [0.1, 0.15) is 27.0 Å². The number of phenolic OH excluding ortho intramolecular Hbond substituents is 2. The number of hydrogen-bond acceptors (Lipinski definition) is 7. The van der Waals surface area contributed by atoms with Crippen LogP contribution in [0, 0.1) is 13.8 Å². The number of carbonyl (C=O) groups is 1. The van der Waals surface area contributed by atoms with E-state index in [1.807, 2.05) is 0 Å². The fourth-order valence-electron chi connectivity index (χ4n) is 2.50. The molecule has 0 amide bonds. The van der Waals surface area contributed by atoms with E-state index in [0.717, 1.165) is 11.8 Å². The second kappa shape index (κ2) is 9.48. The highest BCUT2D eigenvalue weighted by Gasteiger charge is 2.40. The molecule has 1 aliphatic heterocycles. The maximum Gasteiger partial charge on any atom is 0.312 e. The summed E-state index contributed by atoms with van der Waals surface area (Å²) in [5.41, 5.74) is 2.72. The van der Waals surface area contributed by atoms with E-state index in [1.54, 1.807) is 44.2 Å². The number of aromatic hydroxyl groups is 2. The van der Waals surface area contributed by atoms with Crippen molar-refractivity contribution in [3.63, 3.8) is 0 Å². The van der Waals surface area contributed by atoms with Crippen LogP contribution >= 0.6 is 0 Å². The van der Waals surface area contributed by atoms with Crippen LogP contribution < -0.4 is 0 Å². The first-order valence-electron chi connectivity index (χ1n) is 8.49. The summed E-state index contributed by atoms with van der Waals surface area (Å²) >= 11 is 0. The van der Waals surface area contributed by atoms with Crippen molar-refractivity contribution in [3.8, 4) is 11.5 Å². The van der Waals surface area contributed by atoms with Gasteiger partial charge >= 0.3 is 5.97 Å². The number of aliphatic hydroxyl groups is 1. The van der Waals surface area contributed by atoms with Crippen molar-refractivity contribution >= 4 is 6.29 Å². The summed E-state index contributed by atoms with van der Waals surface area (Å²) in [5, 5.41) is 27.3. The van der Waals surface area contributed by atoms with Crippen molar-refractivity contribution in [1.29, 1.82) is 0 Å². The molecule has 0 bridgehead atoms. The number of hydrogen-bond donors (Lipinski definition) is 3. The van der Waals surface area contributed by atoms with Gasteiger partial charge in [0, 0.05) is 11.1 Å². The predicted molar refractivity (Wildman–Crippen MR) is 97.7 cm³/mol. The molecule has 146 valence electrons. The van der Waals surface area contributed by atoms with Crippen molar-refractivity contribution < 1.29 is 34.3 Å². The van der Waals surface area contributed by atoms with Crippen LogP contribution in [0.2, 0.25) is 0 Å². The summed E-state index contributed by atoms with van der Waals surface area (Å²) < 4.78 is 16.4. The van der Waals surface area contributed by atoms with Gasteiger partial charge in [-0.3, -0.25) is 4.79 Å². The Morgan fingerprint density at radius 2 is 1.63 bits per heavy atom. The quantitative estimate of drug-likeness (QED) is 0.688. The SMILES string of the molecule is Cc1cc(C2(OCCO)OCCO2)ccc1O.Cc1cc(C=O)ccc1O. The van der Waals surface area contributed by atoms with E-state index in [0.29, 0.717) is 29.9 Å². The van der Waals surface area contributed by atoms with E-state index < -0.39 is 5.97 Å². The number of rotatable bonds is 5. The molecular weight excluding hydrogens is 352 g/mol. The van der Waals surface area contributed by atoms with Gasteiger partial charge in [-0.25, -0.2) is 0 Å². The summed E-state index contributed by atoms with van der Waals surface area (Å²) in [5.74, 6) is -0.809. The number of carbonyl (C=O) groups excluding carboxylic acids is 1. The molecule has 2 aromatic rings. The van der Waals surface area contributed by atoms with E-state index in [-0.39, 0.29) is 24.7 Å². The normalized spacial score (nSPS) is 15.1. The second-order valence-corrected chi connectivity index (χ2v) is 5.99. The summed E-state index contributed by atoms with van der Waals surface area (Å²) in [7, 11) is 0. The van der Waals surface area contributed by atoms with Gasteiger partial charge in [0.1, 0.15) is 17.8 Å². The number of aryl methyl sites for hydroxylation is 2. The van der Waals surface area contributed by atoms with Crippen LogP contribution in [0.25, 0.3) is 0 Å². The summed E-state index contributed by atoms with van der Waals surface area (Å²) in [6.45, 7) is 4.43. The molecule has 0 aliphatic carbocycles. The molecule has 0 spiro atoms. The average Bonchev–Trinajstić information content (AvgIpc) is 3.15. The zero-order valence-electron chi connectivity index (χ0n) is 15.3. The van der Waals surface area contributed by atoms with Crippen LogP contribution in [0.15, 0.2) is 36.4 Å². The molecule has 0 unspecified atom stereocenters. The highest BCUT2D eigenvalue weighted by molar-refractivity contribution is 5.75. The first kappa shape index (κ1) is 20.9. The lowest BCUT2D eigenvalue weighted by Gasteiger charge is -2.27. The fourth-order valence-corrected chi connectivity index (χ4v) is 2.50. The molecule has 1 saturated heterocycles. The maximum absolute atomic E-state index is 10.2. The van der Waals surface area contributed by atoms with Gasteiger partial charge in [0.25, 0.3) is 0 Å². The zero-order valence-corrected chi connectivity index (χ0v) is 15.3. The lowest BCUT2D eigenvalue weighted by Crippen LogP contribution is -2.32. The topological polar surface area (TPSA) is 105 Å². The Labute approximate surface area is 157 Å². The molecule has 27 heavy (non-hydrogen) atoms. The van der Waals surface area contributed by atoms with Gasteiger partial charge in [0.05, 0.1) is 26.4 Å². The van der Waals surface area contributed by atoms with E-state index in [1.165, 1.54) is 6.07 Å². The molecule has 7 nitrogen and oxygen atoms in total. The van der Waals surface area contributed by atoms with Gasteiger partial charge < -0.3 is 29.5 Å². The minimum atomic E-state index is -1.25. The van der Waals surface area contributed by atoms with E-state index in [2.05, 4.69) is 0 Å². The Balaban J connectivity index is 0.000000223. The summed E-state index contributed by atoms with van der Waals surface area (Å²) in [6, 6.07) is 9.74. The zero-order chi connectivity index (χ0) is 19.9. The standard InChI is InChI=1S/C12H16O5.C8H8O2/c1-9-8-10(2-3-11(9)14)12(15-5-4-13)16-6-7-17-12;1-6-4-7(5-9)2-3-8(6)10/h2-3,8,13-14H,4-7H2,1H3;2-5,10H,1H3. The molecule has 1 fully saturated rings. The highest BCUT2D eigenvalue weighted by Crippen LogP contribution is 2.34. The third-order valence-electron chi connectivity index (χ3n) is 3.96. The van der Waals surface area contributed by atoms with Crippen molar-refractivity contribution in [1.82, 2.24) is 0 Å². The first-order chi connectivity index (χ1) is 12.9. The smallest absolute Gasteiger partial charge is 0.312 e. The average molecular weight is 376 g/mol. The predicted octanol–water partition coefficient (Wildman–Crippen LogP) is 2.38. The minimum absolute atomic E-state index is 0.106. The molecule has 1 aliphatic rings. The second-order valence-electron chi connectivity index (χ2n) is 5.99. The molecule has 0 saturated carbocycles. The van der Waals surface area contributed by atoms with Gasteiger partial charge in [-0.15, -0.1) is 0 Å². The van der Waals surface area contributed by atoms with Gasteiger partial charge in [-0.05, 0) is 61.4 Å². The Morgan fingerprint density at radius 1 is 1.04 bits per heavy atom. The molecule has 2 aromatic carbocycles. The van der Waals surface area contributed by atoms with Crippen LogP contribution in [0.4, 0.5) is 0 Å². The van der Waals surface area contributed by atoms with Crippen LogP contribution in [0.5, 0.6) is 11.5 Å². The van der Waals surface area contributed by atoms with E-state index in [9.17, 15) is 9.90 Å². The number of phenols is 2. The molecule has 3 N–H and O–H groups in total. The molecule has 3 rings (SSSR count). The van der Waals surface area contributed by atoms with Crippen molar-refractivity contribution in [2.24, 2.45) is 0 Å². The van der Waals surface area contributed by atoms with Gasteiger partial charge in [-0.2, -0.15) is 0 Å². The fraction of sp³-hybridized carbons (Fsp3) is 0.350. The van der Waals surface area contributed by atoms with E-state index >= 15 is 0 Å². The molecule has 7 heteroatoms. The Bertz CT molecular complexity index is 767. The van der Waals surface area contributed by atoms with Crippen LogP contribution in [-0.4, -0.2) is 48.0 Å². The van der Waals surface area contributed by atoms with Gasteiger partial charge in [0.2, 0.25) is 0 Å². The van der Waals surface area contributed by atoms with Gasteiger partial charge in [0.15, 0.2) is 0 Å². The molecule has 0 aromatic heterocycles. The van der Waals surface area contributed by atoms with Crippen molar-refractivity contribution in [2.45, 2.75) is 19.8 Å². The number of aldehydes is 1. The molecule has 0 atom stereocenters. The monoisotopic (exact) mass is 376 g/mol. The number of ether oxygens (including phenoxy) is 3. The Hall–Kier alpha value is -2.45. The lowest BCUT2D eigenvalue weighted by atomic mass is 10.1. The lowest BCUT2D eigenvalue weighted by molar-refractivity contribution is -0.345. The van der Waals surface area contributed by atoms with E-state index in [4.69, 9.17) is 24.4 Å². The molecule has 1 heterocycles. The number of aliphatic hydroxyl groups excluding tert-OH is 1. The third-order valence-corrected chi connectivity index (χ3v) is 3.96.